The summed E-state index contributed by atoms with van der Waals surface area (Å²) >= 11 is 3.10. The number of hydrogen-bond donors (Lipinski definition) is 3. The summed E-state index contributed by atoms with van der Waals surface area (Å²) in [6, 6.07) is 4.89. The molecule has 0 saturated heterocycles. The van der Waals surface area contributed by atoms with Gasteiger partial charge < -0.3 is 16.2 Å². The smallest absolute Gasteiger partial charge is 0.137 e. The number of rotatable bonds is 6. The van der Waals surface area contributed by atoms with Crippen molar-refractivity contribution in [2.45, 2.75) is 12.5 Å². The van der Waals surface area contributed by atoms with Crippen LogP contribution in [0, 0.1) is 5.82 Å². The fraction of sp³-hybridized carbons (Fsp3) is 0.455. The first-order valence-electron chi connectivity index (χ1n) is 5.18. The molecule has 16 heavy (non-hydrogen) atoms. The summed E-state index contributed by atoms with van der Waals surface area (Å²) in [6.45, 7) is 1.20. The van der Waals surface area contributed by atoms with Crippen molar-refractivity contribution in [1.82, 2.24) is 5.32 Å². The zero-order chi connectivity index (χ0) is 12.0. The lowest BCUT2D eigenvalue weighted by Gasteiger charge is -2.17. The minimum atomic E-state index is -0.292. The van der Waals surface area contributed by atoms with E-state index in [-0.39, 0.29) is 18.5 Å². The minimum absolute atomic E-state index is 0.0749. The van der Waals surface area contributed by atoms with E-state index in [1.54, 1.807) is 6.07 Å². The minimum Gasteiger partial charge on any atom is -0.396 e. The van der Waals surface area contributed by atoms with Crippen molar-refractivity contribution >= 4 is 15.9 Å². The summed E-state index contributed by atoms with van der Waals surface area (Å²) in [6.07, 6.45) is 0.662. The van der Waals surface area contributed by atoms with E-state index >= 15 is 0 Å². The molecule has 1 unspecified atom stereocenters. The van der Waals surface area contributed by atoms with Gasteiger partial charge in [-0.2, -0.15) is 0 Å². The molecule has 0 aliphatic rings. The number of benzene rings is 1. The molecule has 1 atom stereocenters. The third-order valence-corrected chi connectivity index (χ3v) is 2.95. The second-order valence-electron chi connectivity index (χ2n) is 3.49. The first-order valence-corrected chi connectivity index (χ1v) is 5.97. The Morgan fingerprint density at radius 3 is 2.81 bits per heavy atom. The van der Waals surface area contributed by atoms with Crippen LogP contribution < -0.4 is 11.1 Å². The molecule has 0 heterocycles. The third-order valence-electron chi connectivity index (χ3n) is 2.31. The molecule has 1 aromatic rings. The van der Waals surface area contributed by atoms with E-state index in [4.69, 9.17) is 10.8 Å². The largest absolute Gasteiger partial charge is 0.396 e. The molecule has 0 spiro atoms. The molecular weight excluding hydrogens is 275 g/mol. The van der Waals surface area contributed by atoms with Crippen LogP contribution in [-0.2, 0) is 0 Å². The summed E-state index contributed by atoms with van der Waals surface area (Å²) in [5.41, 5.74) is 6.44. The van der Waals surface area contributed by atoms with E-state index in [2.05, 4.69) is 21.2 Å². The Bertz CT molecular complexity index is 336. The van der Waals surface area contributed by atoms with Gasteiger partial charge in [-0.05, 0) is 46.6 Å². The highest BCUT2D eigenvalue weighted by atomic mass is 79.9. The van der Waals surface area contributed by atoms with Crippen molar-refractivity contribution in [3.05, 3.63) is 34.1 Å². The Labute approximate surface area is 103 Å². The van der Waals surface area contributed by atoms with Gasteiger partial charge in [0, 0.05) is 19.2 Å². The predicted octanol–water partition coefficient (Wildman–Crippen LogP) is 1.56. The lowest BCUT2D eigenvalue weighted by Crippen LogP contribution is -2.29. The molecule has 0 fully saturated rings. The average Bonchev–Trinajstić information content (AvgIpc) is 2.29. The molecule has 5 heteroatoms. The number of hydrogen-bond acceptors (Lipinski definition) is 3. The molecule has 1 rings (SSSR count). The maximum Gasteiger partial charge on any atom is 0.137 e. The molecule has 3 nitrogen and oxygen atoms in total. The van der Waals surface area contributed by atoms with Crippen LogP contribution in [0.1, 0.15) is 18.0 Å². The molecule has 0 aliphatic heterocycles. The van der Waals surface area contributed by atoms with Gasteiger partial charge in [-0.3, -0.25) is 0 Å². The lowest BCUT2D eigenvalue weighted by molar-refractivity contribution is 0.283. The first kappa shape index (κ1) is 13.6. The first-order chi connectivity index (χ1) is 7.69. The van der Waals surface area contributed by atoms with Crippen LogP contribution >= 0.6 is 15.9 Å². The summed E-state index contributed by atoms with van der Waals surface area (Å²) in [7, 11) is 0. The second kappa shape index (κ2) is 6.96. The van der Waals surface area contributed by atoms with Gasteiger partial charge in [0.05, 0.1) is 4.47 Å². The Balaban J connectivity index is 2.67. The number of halogens is 2. The van der Waals surface area contributed by atoms with E-state index < -0.39 is 0 Å². The zero-order valence-corrected chi connectivity index (χ0v) is 10.5. The van der Waals surface area contributed by atoms with Crippen LogP contribution in [0.15, 0.2) is 22.7 Å². The van der Waals surface area contributed by atoms with Gasteiger partial charge in [-0.25, -0.2) is 4.39 Å². The Kier molecular flexibility index (Phi) is 5.90. The Morgan fingerprint density at radius 1 is 1.50 bits per heavy atom. The standard InChI is InChI=1S/C11H16BrFN2O/c12-9-3-2-8(6-10(9)13)11(7-14)15-4-1-5-16/h2-3,6,11,15-16H,1,4-5,7,14H2. The van der Waals surface area contributed by atoms with E-state index in [1.807, 2.05) is 6.07 Å². The van der Waals surface area contributed by atoms with E-state index in [0.717, 1.165) is 5.56 Å². The maximum atomic E-state index is 13.3. The number of aliphatic hydroxyl groups excluding tert-OH is 1. The van der Waals surface area contributed by atoms with Gasteiger partial charge in [0.2, 0.25) is 0 Å². The molecule has 90 valence electrons. The van der Waals surface area contributed by atoms with Crippen LogP contribution in [0.2, 0.25) is 0 Å². The molecular formula is C11H16BrFN2O. The topological polar surface area (TPSA) is 58.3 Å². The molecule has 0 radical (unpaired) electrons. The van der Waals surface area contributed by atoms with Crippen molar-refractivity contribution in [3.8, 4) is 0 Å². The zero-order valence-electron chi connectivity index (χ0n) is 8.92. The Morgan fingerprint density at radius 2 is 2.25 bits per heavy atom. The SMILES string of the molecule is NCC(NCCCO)c1ccc(Br)c(F)c1. The van der Waals surface area contributed by atoms with Crippen LogP contribution in [0.4, 0.5) is 4.39 Å². The highest BCUT2D eigenvalue weighted by molar-refractivity contribution is 9.10. The van der Waals surface area contributed by atoms with E-state index in [1.165, 1.54) is 6.07 Å². The molecule has 0 bridgehead atoms. The summed E-state index contributed by atoms with van der Waals surface area (Å²) < 4.78 is 13.8. The monoisotopic (exact) mass is 290 g/mol. The van der Waals surface area contributed by atoms with Gasteiger partial charge in [0.25, 0.3) is 0 Å². The predicted molar refractivity (Wildman–Crippen MR) is 65.6 cm³/mol. The molecule has 4 N–H and O–H groups in total. The van der Waals surface area contributed by atoms with Gasteiger partial charge >= 0.3 is 0 Å². The molecule has 0 aromatic heterocycles. The molecule has 0 aliphatic carbocycles. The summed E-state index contributed by atoms with van der Waals surface area (Å²) in [5, 5.41) is 11.8. The molecule has 0 amide bonds. The number of nitrogens with one attached hydrogen (secondary N) is 1. The molecule has 1 aromatic carbocycles. The average molecular weight is 291 g/mol. The Hall–Kier alpha value is -0.490. The van der Waals surface area contributed by atoms with Crippen molar-refractivity contribution < 1.29 is 9.50 Å². The number of aliphatic hydroxyl groups is 1. The normalized spacial score (nSPS) is 12.8. The van der Waals surface area contributed by atoms with E-state index in [0.29, 0.717) is 24.0 Å². The third kappa shape index (κ3) is 3.83. The van der Waals surface area contributed by atoms with Gasteiger partial charge in [-0.1, -0.05) is 6.07 Å². The van der Waals surface area contributed by atoms with Crippen LogP contribution in [0.25, 0.3) is 0 Å². The van der Waals surface area contributed by atoms with Crippen molar-refractivity contribution in [2.75, 3.05) is 19.7 Å². The van der Waals surface area contributed by atoms with Crippen LogP contribution in [-0.4, -0.2) is 24.8 Å². The molecule has 0 saturated carbocycles. The highest BCUT2D eigenvalue weighted by Crippen LogP contribution is 2.20. The van der Waals surface area contributed by atoms with Gasteiger partial charge in [-0.15, -0.1) is 0 Å². The van der Waals surface area contributed by atoms with Crippen molar-refractivity contribution in [1.29, 1.82) is 0 Å². The van der Waals surface area contributed by atoms with Crippen LogP contribution in [0.5, 0.6) is 0 Å². The van der Waals surface area contributed by atoms with E-state index in [9.17, 15) is 4.39 Å². The summed E-state index contributed by atoms with van der Waals surface area (Å²) in [4.78, 5) is 0. The van der Waals surface area contributed by atoms with Crippen molar-refractivity contribution in [3.63, 3.8) is 0 Å². The van der Waals surface area contributed by atoms with Gasteiger partial charge in [0.1, 0.15) is 5.82 Å². The van der Waals surface area contributed by atoms with Crippen LogP contribution in [0.3, 0.4) is 0 Å². The fourth-order valence-electron chi connectivity index (χ4n) is 1.42. The van der Waals surface area contributed by atoms with Gasteiger partial charge in [0.15, 0.2) is 0 Å². The summed E-state index contributed by atoms with van der Waals surface area (Å²) in [5.74, 6) is -0.292. The van der Waals surface area contributed by atoms with Crippen molar-refractivity contribution in [2.24, 2.45) is 5.73 Å². The number of nitrogens with two attached hydrogens (primary N) is 1. The second-order valence-corrected chi connectivity index (χ2v) is 4.35. The lowest BCUT2D eigenvalue weighted by atomic mass is 10.1. The highest BCUT2D eigenvalue weighted by Gasteiger charge is 2.10. The fourth-order valence-corrected chi connectivity index (χ4v) is 1.67. The maximum absolute atomic E-state index is 13.3. The quantitative estimate of drug-likeness (QED) is 0.697.